The fourth-order valence-electron chi connectivity index (χ4n) is 6.14. The van der Waals surface area contributed by atoms with Crippen LogP contribution < -0.4 is 9.47 Å². The van der Waals surface area contributed by atoms with E-state index in [0.717, 1.165) is 40.3 Å². The standard InChI is InChI=1S/C31H37N3O5S/c1-20(2)39-26-19-22-21(17-25(26)38-3)8-13-34-24(18-23(28(22)34)27-7-4-16-40-27)29(35)32-11-6-12-33(15-14-32)30(36)31(37)9-5-10-31/h4,7,16-20,37H,5-6,8-15H2,1-3H3. The molecule has 1 N–H and O–H groups in total. The molecule has 2 fully saturated rings. The number of carbonyl (C=O) groups excluding carboxylic acids is 2. The Kier molecular flexibility index (Phi) is 7.12. The molecule has 40 heavy (non-hydrogen) atoms. The van der Waals surface area contributed by atoms with Crippen molar-refractivity contribution >= 4 is 23.2 Å². The first-order chi connectivity index (χ1) is 19.3. The van der Waals surface area contributed by atoms with Gasteiger partial charge < -0.3 is 28.9 Å². The van der Waals surface area contributed by atoms with E-state index in [1.807, 2.05) is 30.9 Å². The zero-order chi connectivity index (χ0) is 28.0. The molecule has 8 nitrogen and oxygen atoms in total. The van der Waals surface area contributed by atoms with Crippen LogP contribution in [0.3, 0.4) is 0 Å². The van der Waals surface area contributed by atoms with E-state index in [2.05, 4.69) is 28.1 Å². The molecular weight excluding hydrogens is 526 g/mol. The van der Waals surface area contributed by atoms with Gasteiger partial charge in [-0.3, -0.25) is 9.59 Å². The topological polar surface area (TPSA) is 84.2 Å². The van der Waals surface area contributed by atoms with Gasteiger partial charge >= 0.3 is 0 Å². The number of fused-ring (bicyclic) bond motifs is 3. The molecule has 0 spiro atoms. The summed E-state index contributed by atoms with van der Waals surface area (Å²) in [6.45, 7) is 6.72. The van der Waals surface area contributed by atoms with Crippen LogP contribution in [0.15, 0.2) is 35.7 Å². The van der Waals surface area contributed by atoms with Crippen LogP contribution in [0.1, 0.15) is 55.6 Å². The molecule has 9 heteroatoms. The van der Waals surface area contributed by atoms with Crippen molar-refractivity contribution in [3.63, 3.8) is 0 Å². The predicted molar refractivity (Wildman–Crippen MR) is 155 cm³/mol. The smallest absolute Gasteiger partial charge is 0.270 e. The molecule has 2 aromatic heterocycles. The molecule has 3 aliphatic rings. The minimum absolute atomic E-state index is 0.00396. The van der Waals surface area contributed by atoms with E-state index in [-0.39, 0.29) is 17.9 Å². The first-order valence-corrected chi connectivity index (χ1v) is 15.1. The van der Waals surface area contributed by atoms with Crippen LogP contribution >= 0.6 is 11.3 Å². The summed E-state index contributed by atoms with van der Waals surface area (Å²) < 4.78 is 13.9. The lowest BCUT2D eigenvalue weighted by Gasteiger charge is -2.38. The van der Waals surface area contributed by atoms with E-state index in [4.69, 9.17) is 9.47 Å². The summed E-state index contributed by atoms with van der Waals surface area (Å²) in [6, 6.07) is 10.3. The molecule has 1 saturated heterocycles. The third kappa shape index (κ3) is 4.69. The molecule has 0 atom stereocenters. The monoisotopic (exact) mass is 563 g/mol. The molecule has 0 bridgehead atoms. The number of hydrogen-bond acceptors (Lipinski definition) is 6. The SMILES string of the molecule is COc1cc2c(cc1OC(C)C)-c1c(-c3cccs3)cc(C(=O)N3CCCN(C(=O)C4(O)CCC4)CC3)n1CC2. The van der Waals surface area contributed by atoms with Crippen LogP contribution in [-0.4, -0.2) is 76.3 Å². The predicted octanol–water partition coefficient (Wildman–Crippen LogP) is 4.83. The minimum Gasteiger partial charge on any atom is -0.493 e. The third-order valence-electron chi connectivity index (χ3n) is 8.36. The molecule has 4 heterocycles. The van der Waals surface area contributed by atoms with E-state index >= 15 is 0 Å². The van der Waals surface area contributed by atoms with E-state index in [0.29, 0.717) is 63.4 Å². The molecule has 0 unspecified atom stereocenters. The molecule has 2 amide bonds. The molecule has 2 aliphatic heterocycles. The molecule has 3 aromatic rings. The quantitative estimate of drug-likeness (QED) is 0.465. The summed E-state index contributed by atoms with van der Waals surface area (Å²) in [5, 5.41) is 12.6. The Labute approximate surface area is 239 Å². The highest BCUT2D eigenvalue weighted by atomic mass is 32.1. The van der Waals surface area contributed by atoms with Crippen molar-refractivity contribution in [1.29, 1.82) is 0 Å². The van der Waals surface area contributed by atoms with Gasteiger partial charge in [0.2, 0.25) is 0 Å². The van der Waals surface area contributed by atoms with E-state index in [1.165, 1.54) is 5.56 Å². The lowest BCUT2D eigenvalue weighted by atomic mass is 9.79. The fraction of sp³-hybridized carbons (Fsp3) is 0.484. The first kappa shape index (κ1) is 26.9. The number of rotatable bonds is 6. The van der Waals surface area contributed by atoms with Gasteiger partial charge in [0.1, 0.15) is 11.3 Å². The molecular formula is C31H37N3O5S. The van der Waals surface area contributed by atoms with Gasteiger partial charge in [-0.2, -0.15) is 0 Å². The van der Waals surface area contributed by atoms with Crippen molar-refractivity contribution < 1.29 is 24.2 Å². The van der Waals surface area contributed by atoms with Crippen molar-refractivity contribution in [1.82, 2.24) is 14.4 Å². The highest BCUT2D eigenvalue weighted by Crippen LogP contribution is 2.45. The Bertz CT molecular complexity index is 1420. The summed E-state index contributed by atoms with van der Waals surface area (Å²) in [5.41, 5.74) is 3.77. The van der Waals surface area contributed by atoms with Crippen molar-refractivity contribution in [3.05, 3.63) is 47.0 Å². The number of aryl methyl sites for hydroxylation is 1. The molecule has 1 saturated carbocycles. The van der Waals surface area contributed by atoms with Crippen LogP contribution in [0.4, 0.5) is 0 Å². The molecule has 0 radical (unpaired) electrons. The highest BCUT2D eigenvalue weighted by molar-refractivity contribution is 7.13. The average Bonchev–Trinajstić information content (AvgIpc) is 3.52. The Hall–Kier alpha value is -3.30. The van der Waals surface area contributed by atoms with Gasteiger partial charge in [0.15, 0.2) is 11.5 Å². The first-order valence-electron chi connectivity index (χ1n) is 14.3. The Morgan fingerprint density at radius 3 is 2.42 bits per heavy atom. The summed E-state index contributed by atoms with van der Waals surface area (Å²) in [4.78, 5) is 31.7. The number of methoxy groups -OCH3 is 1. The summed E-state index contributed by atoms with van der Waals surface area (Å²) in [5.74, 6) is 1.22. The van der Waals surface area contributed by atoms with E-state index in [9.17, 15) is 14.7 Å². The molecule has 6 rings (SSSR count). The van der Waals surface area contributed by atoms with Gasteiger partial charge in [-0.25, -0.2) is 0 Å². The third-order valence-corrected chi connectivity index (χ3v) is 9.27. The number of thiophene rings is 1. The Morgan fingerprint density at radius 1 is 0.975 bits per heavy atom. The largest absolute Gasteiger partial charge is 0.493 e. The number of hydrogen-bond donors (Lipinski definition) is 1. The van der Waals surface area contributed by atoms with Gasteiger partial charge in [0.05, 0.1) is 18.9 Å². The Morgan fingerprint density at radius 2 is 1.75 bits per heavy atom. The number of amides is 2. The molecule has 1 aliphatic carbocycles. The van der Waals surface area contributed by atoms with Gasteiger partial charge in [0.25, 0.3) is 11.8 Å². The second-order valence-electron chi connectivity index (χ2n) is 11.3. The van der Waals surface area contributed by atoms with Crippen LogP contribution in [0.2, 0.25) is 0 Å². The maximum absolute atomic E-state index is 14.1. The van der Waals surface area contributed by atoms with Gasteiger partial charge in [-0.15, -0.1) is 11.3 Å². The lowest BCUT2D eigenvalue weighted by molar-refractivity contribution is -0.160. The van der Waals surface area contributed by atoms with Crippen LogP contribution in [0, 0.1) is 0 Å². The van der Waals surface area contributed by atoms with Crippen LogP contribution in [0.25, 0.3) is 21.7 Å². The number of carbonyl (C=O) groups is 2. The molecule has 212 valence electrons. The zero-order valence-corrected chi connectivity index (χ0v) is 24.3. The fourth-order valence-corrected chi connectivity index (χ4v) is 6.88. The number of benzene rings is 1. The van der Waals surface area contributed by atoms with Crippen molar-refractivity contribution in [2.45, 2.75) is 64.2 Å². The number of aliphatic hydroxyl groups is 1. The van der Waals surface area contributed by atoms with Gasteiger partial charge in [-0.05, 0) is 81.2 Å². The summed E-state index contributed by atoms with van der Waals surface area (Å²) >= 11 is 1.66. The van der Waals surface area contributed by atoms with Crippen molar-refractivity contribution in [2.75, 3.05) is 33.3 Å². The van der Waals surface area contributed by atoms with Gasteiger partial charge in [-0.1, -0.05) is 6.07 Å². The Balaban J connectivity index is 1.35. The highest BCUT2D eigenvalue weighted by Gasteiger charge is 2.44. The molecule has 1 aromatic carbocycles. The lowest BCUT2D eigenvalue weighted by Crippen LogP contribution is -2.54. The van der Waals surface area contributed by atoms with Crippen LogP contribution in [-0.2, 0) is 17.8 Å². The minimum atomic E-state index is -1.20. The van der Waals surface area contributed by atoms with Crippen molar-refractivity contribution in [3.8, 4) is 33.2 Å². The van der Waals surface area contributed by atoms with E-state index < -0.39 is 5.60 Å². The maximum atomic E-state index is 14.1. The number of nitrogens with zero attached hydrogens (tertiary/aromatic N) is 3. The summed E-state index contributed by atoms with van der Waals surface area (Å²) in [6.07, 6.45) is 3.41. The van der Waals surface area contributed by atoms with Crippen molar-refractivity contribution in [2.24, 2.45) is 0 Å². The van der Waals surface area contributed by atoms with Gasteiger partial charge in [0, 0.05) is 48.7 Å². The zero-order valence-electron chi connectivity index (χ0n) is 23.4. The number of aromatic nitrogens is 1. The maximum Gasteiger partial charge on any atom is 0.270 e. The van der Waals surface area contributed by atoms with E-state index in [1.54, 1.807) is 23.3 Å². The summed E-state index contributed by atoms with van der Waals surface area (Å²) in [7, 11) is 1.66. The number of ether oxygens (including phenoxy) is 2. The average molecular weight is 564 g/mol. The second kappa shape index (κ2) is 10.6. The normalized spacial score (nSPS) is 18.0. The van der Waals surface area contributed by atoms with Crippen LogP contribution in [0.5, 0.6) is 11.5 Å². The second-order valence-corrected chi connectivity index (χ2v) is 12.3.